The minimum Gasteiger partial charge on any atom is -0.598 e. The van der Waals surface area contributed by atoms with E-state index in [9.17, 15) is 4.55 Å². The van der Waals surface area contributed by atoms with Gasteiger partial charge in [-0.05, 0) is 33.6 Å². The maximum Gasteiger partial charge on any atom is 0.136 e. The van der Waals surface area contributed by atoms with Crippen molar-refractivity contribution >= 4 is 11.4 Å². The molecule has 1 fully saturated rings. The van der Waals surface area contributed by atoms with Crippen molar-refractivity contribution in [1.82, 2.24) is 4.72 Å². The van der Waals surface area contributed by atoms with Crippen molar-refractivity contribution in [2.24, 2.45) is 5.92 Å². The van der Waals surface area contributed by atoms with Crippen LogP contribution in [0.1, 0.15) is 33.6 Å². The Balaban J connectivity index is 2.25. The second kappa shape index (κ2) is 3.87. The van der Waals surface area contributed by atoms with Crippen LogP contribution in [-0.2, 0) is 11.4 Å². The van der Waals surface area contributed by atoms with Gasteiger partial charge >= 0.3 is 0 Å². The second-order valence-electron chi connectivity index (χ2n) is 4.49. The summed E-state index contributed by atoms with van der Waals surface area (Å²) in [5.41, 5.74) is 0. The van der Waals surface area contributed by atoms with Crippen molar-refractivity contribution in [2.45, 2.75) is 44.4 Å². The van der Waals surface area contributed by atoms with E-state index in [0.717, 1.165) is 12.8 Å². The molecule has 1 unspecified atom stereocenters. The summed E-state index contributed by atoms with van der Waals surface area (Å²) >= 11 is -0.992. The summed E-state index contributed by atoms with van der Waals surface area (Å²) in [7, 11) is 0. The van der Waals surface area contributed by atoms with Crippen molar-refractivity contribution < 1.29 is 4.55 Å². The van der Waals surface area contributed by atoms with Gasteiger partial charge in [0.05, 0.1) is 12.1 Å². The molecule has 0 aromatic heterocycles. The molecule has 0 aromatic rings. The smallest absolute Gasteiger partial charge is 0.136 e. The van der Waals surface area contributed by atoms with E-state index in [4.69, 9.17) is 5.26 Å². The van der Waals surface area contributed by atoms with Crippen LogP contribution in [0.3, 0.4) is 0 Å². The first-order chi connectivity index (χ1) is 5.93. The van der Waals surface area contributed by atoms with Crippen LogP contribution >= 0.6 is 0 Å². The lowest BCUT2D eigenvalue weighted by Crippen LogP contribution is -2.49. The molecule has 74 valence electrons. The zero-order chi connectivity index (χ0) is 10.1. The van der Waals surface area contributed by atoms with Crippen molar-refractivity contribution in [3.8, 4) is 6.07 Å². The zero-order valence-corrected chi connectivity index (χ0v) is 9.15. The van der Waals surface area contributed by atoms with Gasteiger partial charge in [0.2, 0.25) is 0 Å². The van der Waals surface area contributed by atoms with Crippen LogP contribution in [-0.4, -0.2) is 15.3 Å². The van der Waals surface area contributed by atoms with Gasteiger partial charge in [0.1, 0.15) is 4.75 Å². The minimum absolute atomic E-state index is 0.175. The highest BCUT2D eigenvalue weighted by molar-refractivity contribution is 7.90. The highest BCUT2D eigenvalue weighted by Crippen LogP contribution is 2.28. The van der Waals surface area contributed by atoms with Crippen molar-refractivity contribution in [1.29, 1.82) is 5.26 Å². The van der Waals surface area contributed by atoms with E-state index in [0.29, 0.717) is 0 Å². The van der Waals surface area contributed by atoms with Crippen molar-refractivity contribution in [3.63, 3.8) is 0 Å². The van der Waals surface area contributed by atoms with Gasteiger partial charge < -0.3 is 4.55 Å². The van der Waals surface area contributed by atoms with Crippen LogP contribution in [0.25, 0.3) is 0 Å². The van der Waals surface area contributed by atoms with Gasteiger partial charge in [-0.3, -0.25) is 0 Å². The summed E-state index contributed by atoms with van der Waals surface area (Å²) in [6.45, 7) is 5.82. The Hall–Kier alpha value is -0.240. The quantitative estimate of drug-likeness (QED) is 0.684. The van der Waals surface area contributed by atoms with Gasteiger partial charge in [-0.15, -0.1) is 4.72 Å². The Morgan fingerprint density at radius 1 is 1.46 bits per heavy atom. The molecule has 3 nitrogen and oxygen atoms in total. The molecule has 0 bridgehead atoms. The summed E-state index contributed by atoms with van der Waals surface area (Å²) in [5.74, 6) is 0.175. The van der Waals surface area contributed by atoms with Crippen LogP contribution in [0.4, 0.5) is 0 Å². The van der Waals surface area contributed by atoms with Gasteiger partial charge in [0, 0.05) is 17.3 Å². The molecule has 0 saturated heterocycles. The van der Waals surface area contributed by atoms with Crippen LogP contribution < -0.4 is 4.72 Å². The van der Waals surface area contributed by atoms with E-state index in [1.807, 2.05) is 20.8 Å². The summed E-state index contributed by atoms with van der Waals surface area (Å²) in [6, 6.07) is 2.49. The molecular formula is C9H16N2OS. The Bertz CT molecular complexity index is 213. The second-order valence-corrected chi connectivity index (χ2v) is 6.49. The maximum absolute atomic E-state index is 11.6. The topological polar surface area (TPSA) is 58.9 Å². The van der Waals surface area contributed by atoms with Crippen LogP contribution in [0.2, 0.25) is 0 Å². The molecule has 0 aromatic carbocycles. The predicted molar refractivity (Wildman–Crippen MR) is 53.2 cm³/mol. The van der Waals surface area contributed by atoms with Gasteiger partial charge in [0.25, 0.3) is 0 Å². The summed E-state index contributed by atoms with van der Waals surface area (Å²) in [5, 5.41) is 8.54. The first-order valence-electron chi connectivity index (χ1n) is 4.51. The number of nitriles is 1. The molecule has 0 radical (unpaired) electrons. The molecule has 4 heteroatoms. The van der Waals surface area contributed by atoms with Gasteiger partial charge in [0.15, 0.2) is 0 Å². The van der Waals surface area contributed by atoms with E-state index in [1.165, 1.54) is 0 Å². The zero-order valence-electron chi connectivity index (χ0n) is 8.33. The largest absolute Gasteiger partial charge is 0.598 e. The number of hydrogen-bond donors (Lipinski definition) is 1. The van der Waals surface area contributed by atoms with E-state index in [-0.39, 0.29) is 16.7 Å². The normalized spacial score (nSPS) is 30.4. The predicted octanol–water partition coefficient (Wildman–Crippen LogP) is 1.34. The number of nitrogens with zero attached hydrogens (tertiary/aromatic N) is 1. The third-order valence-corrected chi connectivity index (χ3v) is 3.81. The SMILES string of the molecule is CC(C)(C)[S+]([O-])NC1CC(C#N)C1. The van der Waals surface area contributed by atoms with Gasteiger partial charge in [-0.2, -0.15) is 5.26 Å². The van der Waals surface area contributed by atoms with E-state index in [1.54, 1.807) is 0 Å². The molecule has 1 N–H and O–H groups in total. The molecule has 1 rings (SSSR count). The first-order valence-corrected chi connectivity index (χ1v) is 5.66. The van der Waals surface area contributed by atoms with Gasteiger partial charge in [-0.25, -0.2) is 0 Å². The lowest BCUT2D eigenvalue weighted by Gasteiger charge is -2.34. The summed E-state index contributed by atoms with van der Waals surface area (Å²) in [6.07, 6.45) is 1.69. The molecule has 13 heavy (non-hydrogen) atoms. The summed E-state index contributed by atoms with van der Waals surface area (Å²) < 4.78 is 14.4. The molecule has 0 heterocycles. The third-order valence-electron chi connectivity index (χ3n) is 2.15. The fourth-order valence-electron chi connectivity index (χ4n) is 1.15. The minimum atomic E-state index is -0.992. The molecule has 1 atom stereocenters. The number of hydrogen-bond acceptors (Lipinski definition) is 3. The molecule has 0 aliphatic heterocycles. The molecule has 1 aliphatic carbocycles. The molecule has 1 saturated carbocycles. The van der Waals surface area contributed by atoms with E-state index >= 15 is 0 Å². The fraction of sp³-hybridized carbons (Fsp3) is 0.889. The molecule has 1 aliphatic rings. The Morgan fingerprint density at radius 2 is 2.00 bits per heavy atom. The summed E-state index contributed by atoms with van der Waals surface area (Å²) in [4.78, 5) is 0. The average molecular weight is 200 g/mol. The first kappa shape index (κ1) is 10.8. The number of nitrogens with one attached hydrogen (secondary N) is 1. The van der Waals surface area contributed by atoms with Crippen LogP contribution in [0.5, 0.6) is 0 Å². The lowest BCUT2D eigenvalue weighted by molar-refractivity contribution is 0.306. The molecule has 0 spiro atoms. The molecular weight excluding hydrogens is 184 g/mol. The maximum atomic E-state index is 11.6. The van der Waals surface area contributed by atoms with E-state index < -0.39 is 11.4 Å². The standard InChI is InChI=1S/C9H16N2OS/c1-9(2,3)13(12)11-8-4-7(5-8)6-10/h7-8,11H,4-5H2,1-3H3. The van der Waals surface area contributed by atoms with Crippen molar-refractivity contribution in [2.75, 3.05) is 0 Å². The number of rotatable bonds is 2. The fourth-order valence-corrected chi connectivity index (χ4v) is 2.00. The van der Waals surface area contributed by atoms with Crippen LogP contribution in [0, 0.1) is 17.2 Å². The average Bonchev–Trinajstić information content (AvgIpc) is 1.93. The highest BCUT2D eigenvalue weighted by atomic mass is 32.2. The monoisotopic (exact) mass is 200 g/mol. The van der Waals surface area contributed by atoms with Crippen LogP contribution in [0.15, 0.2) is 0 Å². The van der Waals surface area contributed by atoms with E-state index in [2.05, 4.69) is 10.8 Å². The Morgan fingerprint density at radius 3 is 2.38 bits per heavy atom. The molecule has 0 amide bonds. The van der Waals surface area contributed by atoms with Crippen molar-refractivity contribution in [3.05, 3.63) is 0 Å². The highest BCUT2D eigenvalue weighted by Gasteiger charge is 2.36. The third kappa shape index (κ3) is 2.87. The van der Waals surface area contributed by atoms with Gasteiger partial charge in [-0.1, -0.05) is 0 Å². The Labute approximate surface area is 82.8 Å². The Kier molecular flexibility index (Phi) is 3.23. The lowest BCUT2D eigenvalue weighted by atomic mass is 9.82.